The van der Waals surface area contributed by atoms with Gasteiger partial charge in [0.25, 0.3) is 0 Å². The lowest BCUT2D eigenvalue weighted by Crippen LogP contribution is -2.52. The first-order valence-corrected chi connectivity index (χ1v) is 6.69. The van der Waals surface area contributed by atoms with Gasteiger partial charge >= 0.3 is 0 Å². The summed E-state index contributed by atoms with van der Waals surface area (Å²) in [4.78, 5) is 0. The van der Waals surface area contributed by atoms with Gasteiger partial charge in [0.2, 0.25) is 0 Å². The number of rotatable bonds is 1. The third kappa shape index (κ3) is 2.65. The van der Waals surface area contributed by atoms with Crippen LogP contribution in [0.1, 0.15) is 33.1 Å². The Morgan fingerprint density at radius 2 is 2.21 bits per heavy atom. The summed E-state index contributed by atoms with van der Waals surface area (Å²) >= 11 is 2.08. The number of thioether (sulfide) groups is 1. The zero-order valence-corrected chi connectivity index (χ0v) is 10.0. The van der Waals surface area contributed by atoms with Crippen LogP contribution in [0.3, 0.4) is 0 Å². The van der Waals surface area contributed by atoms with Gasteiger partial charge in [-0.2, -0.15) is 11.8 Å². The number of hydrogen-bond donors (Lipinski definition) is 1. The Kier molecular flexibility index (Phi) is 3.40. The highest BCUT2D eigenvalue weighted by Gasteiger charge is 2.32. The van der Waals surface area contributed by atoms with Gasteiger partial charge in [0.15, 0.2) is 0 Å². The number of ether oxygens (including phenoxy) is 1. The predicted octanol–water partition coefficient (Wildman–Crippen LogP) is 2.24. The van der Waals surface area contributed by atoms with Crippen molar-refractivity contribution in [1.29, 1.82) is 0 Å². The first-order chi connectivity index (χ1) is 6.67. The van der Waals surface area contributed by atoms with Crippen LogP contribution < -0.4 is 5.32 Å². The molecule has 2 unspecified atom stereocenters. The fourth-order valence-electron chi connectivity index (χ4n) is 2.05. The standard InChI is InChI=1S/C11H21NOS/c1-11(2)7-12-10(13-8-11)9-5-3-4-6-14-9/h9-10,12H,3-8H2,1-2H3. The van der Waals surface area contributed by atoms with Gasteiger partial charge in [-0.05, 0) is 18.6 Å². The van der Waals surface area contributed by atoms with Crippen LogP contribution in [0.15, 0.2) is 0 Å². The molecule has 0 aromatic heterocycles. The Bertz CT molecular complexity index is 180. The van der Waals surface area contributed by atoms with E-state index in [0.717, 1.165) is 13.2 Å². The molecule has 3 heteroatoms. The Balaban J connectivity index is 1.82. The zero-order valence-electron chi connectivity index (χ0n) is 9.21. The summed E-state index contributed by atoms with van der Waals surface area (Å²) < 4.78 is 5.90. The summed E-state index contributed by atoms with van der Waals surface area (Å²) in [5.41, 5.74) is 0.315. The van der Waals surface area contributed by atoms with Crippen molar-refractivity contribution in [2.45, 2.75) is 44.6 Å². The van der Waals surface area contributed by atoms with Gasteiger partial charge in [-0.25, -0.2) is 0 Å². The minimum atomic E-state index is 0.313. The van der Waals surface area contributed by atoms with Crippen LogP contribution >= 0.6 is 11.8 Å². The van der Waals surface area contributed by atoms with E-state index in [4.69, 9.17) is 4.74 Å². The van der Waals surface area contributed by atoms with E-state index in [0.29, 0.717) is 16.9 Å². The highest BCUT2D eigenvalue weighted by molar-refractivity contribution is 8.00. The Morgan fingerprint density at radius 1 is 1.36 bits per heavy atom. The molecule has 0 aliphatic carbocycles. The van der Waals surface area contributed by atoms with E-state index in [1.54, 1.807) is 0 Å². The van der Waals surface area contributed by atoms with Gasteiger partial charge in [-0.15, -0.1) is 0 Å². The first kappa shape index (κ1) is 10.8. The summed E-state index contributed by atoms with van der Waals surface area (Å²) in [5, 5.41) is 4.23. The van der Waals surface area contributed by atoms with Crippen LogP contribution in [-0.4, -0.2) is 30.4 Å². The Hall–Kier alpha value is 0.270. The minimum Gasteiger partial charge on any atom is -0.362 e. The van der Waals surface area contributed by atoms with E-state index in [2.05, 4.69) is 30.9 Å². The molecule has 0 aromatic rings. The lowest BCUT2D eigenvalue weighted by Gasteiger charge is -2.39. The van der Waals surface area contributed by atoms with Crippen molar-refractivity contribution in [3.05, 3.63) is 0 Å². The summed E-state index contributed by atoms with van der Waals surface area (Å²) in [6.07, 6.45) is 4.40. The SMILES string of the molecule is CC1(C)CNC(C2CCCCS2)OC1. The summed E-state index contributed by atoms with van der Waals surface area (Å²) in [7, 11) is 0. The molecular weight excluding hydrogens is 194 g/mol. The normalized spacial score (nSPS) is 38.1. The van der Waals surface area contributed by atoms with E-state index >= 15 is 0 Å². The predicted molar refractivity (Wildman–Crippen MR) is 61.6 cm³/mol. The summed E-state index contributed by atoms with van der Waals surface area (Å²) in [6.45, 7) is 6.50. The maximum absolute atomic E-state index is 5.90. The maximum Gasteiger partial charge on any atom is 0.120 e. The molecule has 2 heterocycles. The minimum absolute atomic E-state index is 0.313. The van der Waals surface area contributed by atoms with Gasteiger partial charge in [0.1, 0.15) is 6.23 Å². The third-order valence-electron chi connectivity index (χ3n) is 2.99. The van der Waals surface area contributed by atoms with Gasteiger partial charge in [0.05, 0.1) is 6.61 Å². The molecule has 0 radical (unpaired) electrons. The van der Waals surface area contributed by atoms with Crippen LogP contribution in [-0.2, 0) is 4.74 Å². The van der Waals surface area contributed by atoms with E-state index < -0.39 is 0 Å². The van der Waals surface area contributed by atoms with Crippen molar-refractivity contribution in [1.82, 2.24) is 5.32 Å². The van der Waals surface area contributed by atoms with Gasteiger partial charge in [0, 0.05) is 17.2 Å². The largest absolute Gasteiger partial charge is 0.362 e. The van der Waals surface area contributed by atoms with E-state index in [-0.39, 0.29) is 0 Å². The number of nitrogens with one attached hydrogen (secondary N) is 1. The molecule has 0 spiro atoms. The van der Waals surface area contributed by atoms with Crippen LogP contribution in [0.25, 0.3) is 0 Å². The highest BCUT2D eigenvalue weighted by atomic mass is 32.2. The van der Waals surface area contributed by atoms with E-state index in [1.165, 1.54) is 25.0 Å². The second-order valence-corrected chi connectivity index (χ2v) is 6.53. The quantitative estimate of drug-likeness (QED) is 0.725. The molecule has 2 fully saturated rings. The van der Waals surface area contributed by atoms with E-state index in [9.17, 15) is 0 Å². The molecule has 2 rings (SSSR count). The van der Waals surface area contributed by atoms with Crippen molar-refractivity contribution in [2.24, 2.45) is 5.41 Å². The van der Waals surface area contributed by atoms with Gasteiger partial charge in [-0.3, -0.25) is 5.32 Å². The second-order valence-electron chi connectivity index (χ2n) is 5.18. The molecule has 0 amide bonds. The van der Waals surface area contributed by atoms with Crippen molar-refractivity contribution < 1.29 is 4.74 Å². The Morgan fingerprint density at radius 3 is 2.79 bits per heavy atom. The lowest BCUT2D eigenvalue weighted by molar-refractivity contribution is -0.0588. The van der Waals surface area contributed by atoms with E-state index in [1.807, 2.05) is 0 Å². The van der Waals surface area contributed by atoms with Crippen LogP contribution in [0.4, 0.5) is 0 Å². The molecular formula is C11H21NOS. The van der Waals surface area contributed by atoms with Gasteiger partial charge in [-0.1, -0.05) is 20.3 Å². The lowest BCUT2D eigenvalue weighted by atomic mass is 9.93. The molecule has 1 N–H and O–H groups in total. The molecule has 0 aromatic carbocycles. The average molecular weight is 215 g/mol. The molecule has 14 heavy (non-hydrogen) atoms. The van der Waals surface area contributed by atoms with Gasteiger partial charge < -0.3 is 4.74 Å². The molecule has 2 aliphatic heterocycles. The fourth-order valence-corrected chi connectivity index (χ4v) is 3.40. The molecule has 2 aliphatic rings. The molecule has 82 valence electrons. The first-order valence-electron chi connectivity index (χ1n) is 5.64. The maximum atomic E-state index is 5.90. The van der Waals surface area contributed by atoms with Crippen molar-refractivity contribution in [3.8, 4) is 0 Å². The third-order valence-corrected chi connectivity index (χ3v) is 4.42. The molecule has 2 nitrogen and oxygen atoms in total. The second kappa shape index (κ2) is 4.42. The summed E-state index contributed by atoms with van der Waals surface area (Å²) in [6, 6.07) is 0. The zero-order chi connectivity index (χ0) is 10.0. The van der Waals surface area contributed by atoms with Crippen LogP contribution in [0.5, 0.6) is 0 Å². The smallest absolute Gasteiger partial charge is 0.120 e. The van der Waals surface area contributed by atoms with Crippen LogP contribution in [0.2, 0.25) is 0 Å². The van der Waals surface area contributed by atoms with Crippen molar-refractivity contribution >= 4 is 11.8 Å². The average Bonchev–Trinajstić information content (AvgIpc) is 2.19. The summed E-state index contributed by atoms with van der Waals surface area (Å²) in [5.74, 6) is 1.32. The fraction of sp³-hybridized carbons (Fsp3) is 1.00. The molecule has 0 bridgehead atoms. The topological polar surface area (TPSA) is 21.3 Å². The van der Waals surface area contributed by atoms with Crippen molar-refractivity contribution in [3.63, 3.8) is 0 Å². The van der Waals surface area contributed by atoms with Crippen molar-refractivity contribution in [2.75, 3.05) is 18.9 Å². The molecule has 0 saturated carbocycles. The molecule has 2 saturated heterocycles. The molecule has 2 atom stereocenters. The Labute approximate surface area is 91.2 Å². The monoisotopic (exact) mass is 215 g/mol. The van der Waals surface area contributed by atoms with Crippen LogP contribution in [0, 0.1) is 5.41 Å². The number of hydrogen-bond acceptors (Lipinski definition) is 3. The highest BCUT2D eigenvalue weighted by Crippen LogP contribution is 2.31.